The molecule has 1 N–H and O–H groups in total. The molecule has 0 aliphatic heterocycles. The highest BCUT2D eigenvalue weighted by molar-refractivity contribution is 6.37. The zero-order chi connectivity index (χ0) is 13.7. The summed E-state index contributed by atoms with van der Waals surface area (Å²) < 4.78 is 5.48. The fourth-order valence-electron chi connectivity index (χ4n) is 1.24. The summed E-state index contributed by atoms with van der Waals surface area (Å²) in [5.74, 6) is 0.000503. The van der Waals surface area contributed by atoms with Crippen LogP contribution in [0.1, 0.15) is 20.3 Å². The molecule has 0 heterocycles. The van der Waals surface area contributed by atoms with E-state index in [-0.39, 0.29) is 12.5 Å². The maximum atomic E-state index is 11.3. The highest BCUT2D eigenvalue weighted by Crippen LogP contribution is 2.34. The lowest BCUT2D eigenvalue weighted by molar-refractivity contribution is -0.115. The number of nitriles is 1. The zero-order valence-electron chi connectivity index (χ0n) is 9.96. The van der Waals surface area contributed by atoms with Crippen LogP contribution in [0.2, 0.25) is 10.0 Å². The molecule has 0 bridgehead atoms. The number of ether oxygens (including phenoxy) is 1. The first-order valence-corrected chi connectivity index (χ1v) is 6.02. The Kier molecular flexibility index (Phi) is 5.26. The number of benzene rings is 1. The summed E-state index contributed by atoms with van der Waals surface area (Å²) >= 11 is 11.9. The molecule has 0 aromatic heterocycles. The number of nitrogens with one attached hydrogen (secondary N) is 1. The van der Waals surface area contributed by atoms with Crippen LogP contribution in [0, 0.1) is 11.3 Å². The lowest BCUT2D eigenvalue weighted by atomic mass is 10.2. The number of carbonyl (C=O) groups excluding carboxylic acids is 1. The van der Waals surface area contributed by atoms with Crippen molar-refractivity contribution in [2.75, 3.05) is 5.32 Å². The van der Waals surface area contributed by atoms with Crippen molar-refractivity contribution in [3.8, 4) is 11.8 Å². The van der Waals surface area contributed by atoms with Crippen LogP contribution in [-0.4, -0.2) is 12.0 Å². The molecule has 18 heavy (non-hydrogen) atoms. The van der Waals surface area contributed by atoms with Gasteiger partial charge in [-0.15, -0.1) is 0 Å². The first-order valence-electron chi connectivity index (χ1n) is 5.26. The van der Waals surface area contributed by atoms with Crippen molar-refractivity contribution in [2.24, 2.45) is 0 Å². The molecule has 0 spiro atoms. The molecule has 4 nitrogen and oxygen atoms in total. The summed E-state index contributed by atoms with van der Waals surface area (Å²) in [7, 11) is 0. The second-order valence-electron chi connectivity index (χ2n) is 3.81. The molecule has 0 saturated heterocycles. The number of amides is 1. The maximum Gasteiger partial charge on any atom is 0.238 e. The van der Waals surface area contributed by atoms with Gasteiger partial charge in [-0.2, -0.15) is 5.26 Å². The molecule has 0 fully saturated rings. The maximum absolute atomic E-state index is 11.3. The van der Waals surface area contributed by atoms with E-state index in [4.69, 9.17) is 33.2 Å². The lowest BCUT2D eigenvalue weighted by Crippen LogP contribution is -2.11. The number of hydrogen-bond donors (Lipinski definition) is 1. The Labute approximate surface area is 115 Å². The second kappa shape index (κ2) is 6.48. The van der Waals surface area contributed by atoms with Gasteiger partial charge >= 0.3 is 0 Å². The van der Waals surface area contributed by atoms with Crippen molar-refractivity contribution in [1.29, 1.82) is 5.26 Å². The lowest BCUT2D eigenvalue weighted by Gasteiger charge is -2.14. The Bertz CT molecular complexity index is 496. The van der Waals surface area contributed by atoms with Crippen molar-refractivity contribution in [1.82, 2.24) is 0 Å². The number of rotatable bonds is 4. The minimum Gasteiger partial charge on any atom is -0.489 e. The van der Waals surface area contributed by atoms with E-state index in [9.17, 15) is 4.79 Å². The molecule has 0 unspecified atom stereocenters. The van der Waals surface area contributed by atoms with Gasteiger partial charge < -0.3 is 10.1 Å². The Balaban J connectivity index is 2.98. The standard InChI is InChI=1S/C12H12Cl2N2O2/c1-7(2)18-11-6-10(8(13)5-9(11)14)16-12(17)3-4-15/h5-7H,3H2,1-2H3,(H,16,17). The Hall–Kier alpha value is -1.44. The average molecular weight is 287 g/mol. The fourth-order valence-corrected chi connectivity index (χ4v) is 1.71. The van der Waals surface area contributed by atoms with Gasteiger partial charge in [-0.25, -0.2) is 0 Å². The summed E-state index contributed by atoms with van der Waals surface area (Å²) in [4.78, 5) is 11.3. The van der Waals surface area contributed by atoms with E-state index in [0.29, 0.717) is 21.5 Å². The Morgan fingerprint density at radius 3 is 2.67 bits per heavy atom. The third-order valence-electron chi connectivity index (χ3n) is 1.90. The number of carbonyl (C=O) groups is 1. The Morgan fingerprint density at radius 2 is 2.11 bits per heavy atom. The van der Waals surface area contributed by atoms with E-state index >= 15 is 0 Å². The molecule has 96 valence electrons. The normalized spacial score (nSPS) is 10.0. The second-order valence-corrected chi connectivity index (χ2v) is 4.63. The van der Waals surface area contributed by atoms with Crippen LogP contribution in [0.3, 0.4) is 0 Å². The molecule has 1 aromatic carbocycles. The first kappa shape index (κ1) is 14.6. The minimum absolute atomic E-state index is 0.0497. The van der Waals surface area contributed by atoms with E-state index < -0.39 is 5.91 Å². The Morgan fingerprint density at radius 1 is 1.44 bits per heavy atom. The highest BCUT2D eigenvalue weighted by atomic mass is 35.5. The number of nitrogens with zero attached hydrogens (tertiary/aromatic N) is 1. The predicted molar refractivity (Wildman–Crippen MR) is 71.1 cm³/mol. The van der Waals surface area contributed by atoms with Gasteiger partial charge in [0.25, 0.3) is 0 Å². The smallest absolute Gasteiger partial charge is 0.238 e. The third-order valence-corrected chi connectivity index (χ3v) is 2.51. The molecule has 1 rings (SSSR count). The average Bonchev–Trinajstić information content (AvgIpc) is 2.24. The van der Waals surface area contributed by atoms with Crippen LogP contribution < -0.4 is 10.1 Å². The molecule has 0 saturated carbocycles. The quantitative estimate of drug-likeness (QED) is 0.919. The summed E-state index contributed by atoms with van der Waals surface area (Å²) in [5, 5.41) is 11.6. The van der Waals surface area contributed by atoms with Crippen LogP contribution in [-0.2, 0) is 4.79 Å². The van der Waals surface area contributed by atoms with Gasteiger partial charge in [-0.3, -0.25) is 4.79 Å². The largest absolute Gasteiger partial charge is 0.489 e. The zero-order valence-corrected chi connectivity index (χ0v) is 11.5. The molecule has 0 aliphatic carbocycles. The van der Waals surface area contributed by atoms with Crippen molar-refractivity contribution >= 4 is 34.8 Å². The topological polar surface area (TPSA) is 62.1 Å². The number of halogens is 2. The molecule has 1 amide bonds. The van der Waals surface area contributed by atoms with E-state index in [0.717, 1.165) is 0 Å². The first-order chi connectivity index (χ1) is 8.43. The SMILES string of the molecule is CC(C)Oc1cc(NC(=O)CC#N)c(Cl)cc1Cl. The molecule has 0 radical (unpaired) electrons. The third kappa shape index (κ3) is 4.10. The summed E-state index contributed by atoms with van der Waals surface area (Å²) in [6.45, 7) is 3.72. The highest BCUT2D eigenvalue weighted by Gasteiger charge is 2.12. The van der Waals surface area contributed by atoms with Gasteiger partial charge in [0.05, 0.1) is 27.9 Å². The van der Waals surface area contributed by atoms with Crippen LogP contribution in [0.5, 0.6) is 5.75 Å². The monoisotopic (exact) mass is 286 g/mol. The van der Waals surface area contributed by atoms with Crippen LogP contribution in [0.15, 0.2) is 12.1 Å². The van der Waals surface area contributed by atoms with E-state index in [1.54, 1.807) is 12.1 Å². The van der Waals surface area contributed by atoms with E-state index in [1.807, 2.05) is 13.8 Å². The van der Waals surface area contributed by atoms with Crippen LogP contribution in [0.25, 0.3) is 0 Å². The van der Waals surface area contributed by atoms with Gasteiger partial charge in [0.1, 0.15) is 12.2 Å². The molecule has 6 heteroatoms. The summed E-state index contributed by atoms with van der Waals surface area (Å²) in [6, 6.07) is 4.78. The summed E-state index contributed by atoms with van der Waals surface area (Å²) in [6.07, 6.45) is -0.286. The van der Waals surface area contributed by atoms with E-state index in [2.05, 4.69) is 5.32 Å². The van der Waals surface area contributed by atoms with Gasteiger partial charge in [-0.05, 0) is 19.9 Å². The van der Waals surface area contributed by atoms with Gasteiger partial charge in [-0.1, -0.05) is 23.2 Å². The van der Waals surface area contributed by atoms with Gasteiger partial charge in [0.2, 0.25) is 5.91 Å². The van der Waals surface area contributed by atoms with Crippen LogP contribution in [0.4, 0.5) is 5.69 Å². The molecular weight excluding hydrogens is 275 g/mol. The predicted octanol–water partition coefficient (Wildman–Crippen LogP) is 3.63. The van der Waals surface area contributed by atoms with Gasteiger partial charge in [0.15, 0.2) is 0 Å². The van der Waals surface area contributed by atoms with Crippen LogP contribution >= 0.6 is 23.2 Å². The minimum atomic E-state index is -0.433. The van der Waals surface area contributed by atoms with Crippen molar-refractivity contribution in [3.63, 3.8) is 0 Å². The van der Waals surface area contributed by atoms with E-state index in [1.165, 1.54) is 6.07 Å². The van der Waals surface area contributed by atoms with Crippen molar-refractivity contribution in [3.05, 3.63) is 22.2 Å². The molecule has 1 aromatic rings. The molecule has 0 aliphatic rings. The number of hydrogen-bond acceptors (Lipinski definition) is 3. The summed E-state index contributed by atoms with van der Waals surface area (Å²) in [5.41, 5.74) is 0.372. The molecular formula is C12H12Cl2N2O2. The number of anilines is 1. The van der Waals surface area contributed by atoms with Gasteiger partial charge in [0, 0.05) is 6.07 Å². The molecule has 0 atom stereocenters. The van der Waals surface area contributed by atoms with Crippen molar-refractivity contribution < 1.29 is 9.53 Å². The van der Waals surface area contributed by atoms with Crippen molar-refractivity contribution in [2.45, 2.75) is 26.4 Å². The fraction of sp³-hybridized carbons (Fsp3) is 0.333.